The van der Waals surface area contributed by atoms with Crippen LogP contribution < -0.4 is 0 Å². The van der Waals surface area contributed by atoms with Crippen LogP contribution in [0.4, 0.5) is 0 Å². The summed E-state index contributed by atoms with van der Waals surface area (Å²) in [6.45, 7) is 0. The van der Waals surface area contributed by atoms with Gasteiger partial charge in [-0.3, -0.25) is 9.97 Å². The van der Waals surface area contributed by atoms with E-state index in [1.54, 1.807) is 0 Å². The maximum absolute atomic E-state index is 4.46. The molecule has 0 aliphatic rings. The quantitative estimate of drug-likeness (QED) is 0.188. The molecule has 0 unspecified atom stereocenters. The van der Waals surface area contributed by atoms with Crippen molar-refractivity contribution >= 4 is 43.6 Å². The molecule has 0 radical (unpaired) electrons. The van der Waals surface area contributed by atoms with Crippen molar-refractivity contribution in [2.75, 3.05) is 0 Å². The number of nitrogens with zero attached hydrogens (tertiary/aromatic N) is 4. The number of aromatic nitrogens is 4. The van der Waals surface area contributed by atoms with Gasteiger partial charge in [0.2, 0.25) is 0 Å². The van der Waals surface area contributed by atoms with E-state index < -0.39 is 0 Å². The Balaban J connectivity index is 1.07. The SMILES string of the molecule is c1ccc(-c2cc(-c3ccc(-n4c5ccccc5c5ccncc54)cc3)cc(-c3ccc(-n4c5ccccc5c5ccncc54)cc3)c2)cc1. The second-order valence-electron chi connectivity index (χ2n) is 12.7. The van der Waals surface area contributed by atoms with Crippen LogP contribution in [0.2, 0.25) is 0 Å². The summed E-state index contributed by atoms with van der Waals surface area (Å²) < 4.78 is 4.62. The minimum Gasteiger partial charge on any atom is -0.308 e. The summed E-state index contributed by atoms with van der Waals surface area (Å²) in [5.74, 6) is 0. The minimum absolute atomic E-state index is 1.11. The van der Waals surface area contributed by atoms with Gasteiger partial charge < -0.3 is 9.13 Å². The number of rotatable bonds is 5. The van der Waals surface area contributed by atoms with Gasteiger partial charge >= 0.3 is 0 Å². The lowest BCUT2D eigenvalue weighted by molar-refractivity contribution is 1.17. The fourth-order valence-corrected chi connectivity index (χ4v) is 7.56. The highest BCUT2D eigenvalue weighted by Crippen LogP contribution is 2.37. The molecule has 234 valence electrons. The van der Waals surface area contributed by atoms with Crippen LogP contribution in [-0.4, -0.2) is 19.1 Å². The van der Waals surface area contributed by atoms with E-state index in [2.05, 4.69) is 177 Å². The van der Waals surface area contributed by atoms with Crippen LogP contribution in [0.15, 0.2) is 183 Å². The number of hydrogen-bond donors (Lipinski definition) is 0. The molecule has 0 amide bonds. The molecule has 0 bridgehead atoms. The van der Waals surface area contributed by atoms with E-state index >= 15 is 0 Å². The molecular formula is C46H30N4. The smallest absolute Gasteiger partial charge is 0.0724 e. The molecule has 10 rings (SSSR count). The molecule has 6 aromatic carbocycles. The average molecular weight is 639 g/mol. The highest BCUT2D eigenvalue weighted by Gasteiger charge is 2.15. The number of para-hydroxylation sites is 2. The van der Waals surface area contributed by atoms with E-state index in [0.717, 1.165) is 22.4 Å². The van der Waals surface area contributed by atoms with E-state index in [1.165, 1.54) is 66.0 Å². The maximum atomic E-state index is 4.46. The molecule has 4 heterocycles. The molecule has 0 saturated carbocycles. The van der Waals surface area contributed by atoms with Gasteiger partial charge in [0.1, 0.15) is 0 Å². The Kier molecular flexibility index (Phi) is 6.46. The number of pyridine rings is 2. The molecule has 4 nitrogen and oxygen atoms in total. The molecule has 0 aliphatic carbocycles. The van der Waals surface area contributed by atoms with Crippen LogP contribution >= 0.6 is 0 Å². The largest absolute Gasteiger partial charge is 0.308 e. The molecule has 4 aromatic heterocycles. The van der Waals surface area contributed by atoms with Crippen LogP contribution in [0.1, 0.15) is 0 Å². The van der Waals surface area contributed by atoms with Gasteiger partial charge in [0.25, 0.3) is 0 Å². The maximum Gasteiger partial charge on any atom is 0.0724 e. The summed E-state index contributed by atoms with van der Waals surface area (Å²) >= 11 is 0. The van der Waals surface area contributed by atoms with Gasteiger partial charge in [0, 0.05) is 45.3 Å². The van der Waals surface area contributed by atoms with Crippen molar-refractivity contribution in [3.63, 3.8) is 0 Å². The van der Waals surface area contributed by atoms with E-state index in [9.17, 15) is 0 Å². The van der Waals surface area contributed by atoms with Crippen molar-refractivity contribution < 1.29 is 0 Å². The first-order valence-corrected chi connectivity index (χ1v) is 16.9. The van der Waals surface area contributed by atoms with Gasteiger partial charge in [-0.05, 0) is 100 Å². The summed E-state index contributed by atoms with van der Waals surface area (Å²) in [7, 11) is 0. The van der Waals surface area contributed by atoms with Crippen LogP contribution in [0.25, 0.3) is 88.4 Å². The normalized spacial score (nSPS) is 11.6. The third-order valence-electron chi connectivity index (χ3n) is 9.91. The molecule has 10 aromatic rings. The van der Waals surface area contributed by atoms with Gasteiger partial charge in [0.05, 0.1) is 34.5 Å². The Morgan fingerprint density at radius 1 is 0.300 bits per heavy atom. The van der Waals surface area contributed by atoms with Crippen LogP contribution in [0, 0.1) is 0 Å². The third kappa shape index (κ3) is 4.54. The first kappa shape index (κ1) is 28.3. The second-order valence-corrected chi connectivity index (χ2v) is 12.7. The van der Waals surface area contributed by atoms with Gasteiger partial charge in [-0.1, -0.05) is 91.0 Å². The van der Waals surface area contributed by atoms with Crippen molar-refractivity contribution in [1.82, 2.24) is 19.1 Å². The minimum atomic E-state index is 1.11. The molecule has 0 fully saturated rings. The summed E-state index contributed by atoms with van der Waals surface area (Å²) in [5, 5.41) is 4.88. The molecule has 0 aliphatic heterocycles. The second kappa shape index (κ2) is 11.4. The Morgan fingerprint density at radius 3 is 1.14 bits per heavy atom. The molecular weight excluding hydrogens is 609 g/mol. The summed E-state index contributed by atoms with van der Waals surface area (Å²) in [6.07, 6.45) is 7.66. The standard InChI is InChI=1S/C46H30N4/c1-2-8-31(9-3-1)34-26-35(32-14-18-37(19-15-32)49-43-12-6-4-10-39(43)41-22-24-47-29-45(41)49)28-36(27-34)33-16-20-38(21-17-33)50-44-13-7-5-11-40(44)42-23-25-48-30-46(42)50/h1-30H. The topological polar surface area (TPSA) is 35.6 Å². The monoisotopic (exact) mass is 638 g/mol. The first-order chi connectivity index (χ1) is 24.8. The fourth-order valence-electron chi connectivity index (χ4n) is 7.56. The Bertz CT molecular complexity index is 2560. The van der Waals surface area contributed by atoms with E-state index in [1.807, 2.05) is 24.8 Å². The predicted molar refractivity (Wildman–Crippen MR) is 207 cm³/mol. The average Bonchev–Trinajstić information content (AvgIpc) is 3.71. The van der Waals surface area contributed by atoms with Crippen molar-refractivity contribution in [2.24, 2.45) is 0 Å². The molecule has 0 spiro atoms. The van der Waals surface area contributed by atoms with Crippen molar-refractivity contribution in [3.05, 3.63) is 183 Å². The predicted octanol–water partition coefficient (Wildman–Crippen LogP) is 11.7. The zero-order chi connectivity index (χ0) is 33.0. The van der Waals surface area contributed by atoms with Crippen molar-refractivity contribution in [1.29, 1.82) is 0 Å². The van der Waals surface area contributed by atoms with Crippen LogP contribution in [-0.2, 0) is 0 Å². The Labute approximate surface area is 289 Å². The zero-order valence-corrected chi connectivity index (χ0v) is 27.1. The molecule has 4 heteroatoms. The summed E-state index contributed by atoms with van der Waals surface area (Å²) in [5.41, 5.74) is 13.9. The van der Waals surface area contributed by atoms with Crippen molar-refractivity contribution in [3.8, 4) is 44.8 Å². The Hall–Kier alpha value is -6.78. The van der Waals surface area contributed by atoms with Gasteiger partial charge in [-0.2, -0.15) is 0 Å². The summed E-state index contributed by atoms with van der Waals surface area (Å²) in [4.78, 5) is 8.92. The molecule has 0 atom stereocenters. The van der Waals surface area contributed by atoms with Crippen LogP contribution in [0.5, 0.6) is 0 Å². The lowest BCUT2D eigenvalue weighted by Crippen LogP contribution is -1.94. The lowest BCUT2D eigenvalue weighted by Gasteiger charge is -2.14. The number of hydrogen-bond acceptors (Lipinski definition) is 2. The van der Waals surface area contributed by atoms with Gasteiger partial charge in [-0.25, -0.2) is 0 Å². The van der Waals surface area contributed by atoms with Crippen LogP contribution in [0.3, 0.4) is 0 Å². The van der Waals surface area contributed by atoms with Gasteiger partial charge in [0.15, 0.2) is 0 Å². The number of fused-ring (bicyclic) bond motifs is 6. The number of benzene rings is 6. The van der Waals surface area contributed by atoms with E-state index in [0.29, 0.717) is 0 Å². The third-order valence-corrected chi connectivity index (χ3v) is 9.91. The van der Waals surface area contributed by atoms with E-state index in [4.69, 9.17) is 0 Å². The molecule has 50 heavy (non-hydrogen) atoms. The first-order valence-electron chi connectivity index (χ1n) is 16.9. The lowest BCUT2D eigenvalue weighted by atomic mass is 9.93. The highest BCUT2D eigenvalue weighted by molar-refractivity contribution is 6.10. The molecule has 0 saturated heterocycles. The highest BCUT2D eigenvalue weighted by atomic mass is 15.0. The van der Waals surface area contributed by atoms with E-state index in [-0.39, 0.29) is 0 Å². The fraction of sp³-hybridized carbons (Fsp3) is 0. The van der Waals surface area contributed by atoms with Gasteiger partial charge in [-0.15, -0.1) is 0 Å². The molecule has 0 N–H and O–H groups in total. The zero-order valence-electron chi connectivity index (χ0n) is 27.1. The Morgan fingerprint density at radius 2 is 0.680 bits per heavy atom. The summed E-state index contributed by atoms with van der Waals surface area (Å²) in [6, 6.07) is 56.7. The van der Waals surface area contributed by atoms with Crippen molar-refractivity contribution in [2.45, 2.75) is 0 Å².